The summed E-state index contributed by atoms with van der Waals surface area (Å²) < 4.78 is 68.8. The van der Waals surface area contributed by atoms with E-state index >= 15 is 0 Å². The lowest BCUT2D eigenvalue weighted by Crippen LogP contribution is -2.30. The number of ether oxygens (including phenoxy) is 3. The van der Waals surface area contributed by atoms with E-state index in [1.807, 2.05) is 0 Å². The Kier molecular flexibility index (Phi) is 6.05. The van der Waals surface area contributed by atoms with Crippen LogP contribution in [-0.4, -0.2) is 49.8 Å². The fraction of sp³-hybridized carbons (Fsp3) is 0.316. The van der Waals surface area contributed by atoms with Crippen LogP contribution in [0.5, 0.6) is 17.2 Å². The minimum atomic E-state index is -4.03. The van der Waals surface area contributed by atoms with Gasteiger partial charge >= 0.3 is 0 Å². The fourth-order valence-electron chi connectivity index (χ4n) is 3.20. The van der Waals surface area contributed by atoms with Crippen molar-refractivity contribution in [3.05, 3.63) is 36.4 Å². The third-order valence-corrected chi connectivity index (χ3v) is 7.92. The second-order valence-electron chi connectivity index (χ2n) is 6.80. The maximum Gasteiger partial charge on any atom is 0.261 e. The van der Waals surface area contributed by atoms with E-state index in [4.69, 9.17) is 14.2 Å². The minimum Gasteiger partial charge on any atom is -0.493 e. The second-order valence-corrected chi connectivity index (χ2v) is 10.3. The minimum absolute atomic E-state index is 0.0843. The van der Waals surface area contributed by atoms with Crippen LogP contribution in [0.1, 0.15) is 6.92 Å². The van der Waals surface area contributed by atoms with Crippen molar-refractivity contribution in [2.75, 3.05) is 36.1 Å². The average molecular weight is 471 g/mol. The topological polar surface area (TPSA) is 128 Å². The largest absolute Gasteiger partial charge is 0.493 e. The number of hydrogen-bond donors (Lipinski definition) is 1. The molecule has 0 bridgehead atoms. The molecule has 1 saturated heterocycles. The first-order chi connectivity index (χ1) is 14.5. The Hall–Kier alpha value is -2.99. The van der Waals surface area contributed by atoms with Gasteiger partial charge in [-0.15, -0.1) is 0 Å². The Balaban J connectivity index is 1.91. The van der Waals surface area contributed by atoms with Gasteiger partial charge in [-0.2, -0.15) is 0 Å². The first-order valence-electron chi connectivity index (χ1n) is 9.03. The van der Waals surface area contributed by atoms with E-state index < -0.39 is 31.9 Å². The summed E-state index contributed by atoms with van der Waals surface area (Å²) in [7, 11) is -3.57. The quantitative estimate of drug-likeness (QED) is 0.649. The molecule has 2 aromatic rings. The molecule has 1 fully saturated rings. The summed E-state index contributed by atoms with van der Waals surface area (Å²) >= 11 is 0. The van der Waals surface area contributed by atoms with E-state index in [1.54, 1.807) is 0 Å². The average Bonchev–Trinajstić information content (AvgIpc) is 2.93. The molecule has 0 saturated carbocycles. The maximum absolute atomic E-state index is 12.8. The van der Waals surface area contributed by atoms with Crippen molar-refractivity contribution in [2.24, 2.45) is 5.92 Å². The summed E-state index contributed by atoms with van der Waals surface area (Å²) in [5, 5.41) is 0. The predicted molar refractivity (Wildman–Crippen MR) is 114 cm³/mol. The molecule has 0 spiro atoms. The number of anilines is 2. The van der Waals surface area contributed by atoms with Crippen molar-refractivity contribution in [3.63, 3.8) is 0 Å². The van der Waals surface area contributed by atoms with E-state index in [0.717, 1.165) is 0 Å². The molecule has 1 amide bonds. The number of benzene rings is 2. The van der Waals surface area contributed by atoms with Gasteiger partial charge in [0.05, 0.1) is 49.3 Å². The first-order valence-corrected chi connectivity index (χ1v) is 12.1. The molecule has 0 aliphatic carbocycles. The summed E-state index contributed by atoms with van der Waals surface area (Å²) in [6, 6.07) is 7.87. The molecule has 0 aromatic heterocycles. The lowest BCUT2D eigenvalue weighted by Gasteiger charge is -2.17. The highest BCUT2D eigenvalue weighted by Gasteiger charge is 2.42. The highest BCUT2D eigenvalue weighted by atomic mass is 32.2. The molecule has 10 nitrogen and oxygen atoms in total. The number of methoxy groups -OCH3 is 3. The van der Waals surface area contributed by atoms with Crippen molar-refractivity contribution < 1.29 is 35.8 Å². The molecule has 1 N–H and O–H groups in total. The molecule has 12 heteroatoms. The molecule has 1 heterocycles. The zero-order valence-corrected chi connectivity index (χ0v) is 18.9. The van der Waals surface area contributed by atoms with E-state index in [0.29, 0.717) is 10.1 Å². The van der Waals surface area contributed by atoms with Gasteiger partial charge in [-0.25, -0.2) is 21.1 Å². The van der Waals surface area contributed by atoms with Crippen molar-refractivity contribution in [1.82, 2.24) is 0 Å². The van der Waals surface area contributed by atoms with Crippen LogP contribution in [0, 0.1) is 5.92 Å². The number of nitrogens with one attached hydrogen (secondary N) is 1. The van der Waals surface area contributed by atoms with Gasteiger partial charge in [-0.05, 0) is 24.3 Å². The lowest BCUT2D eigenvalue weighted by atomic mass is 10.2. The Morgan fingerprint density at radius 2 is 1.55 bits per heavy atom. The molecule has 1 unspecified atom stereocenters. The van der Waals surface area contributed by atoms with Crippen LogP contribution in [0.25, 0.3) is 0 Å². The van der Waals surface area contributed by atoms with Gasteiger partial charge in [0.15, 0.2) is 11.5 Å². The lowest BCUT2D eigenvalue weighted by molar-refractivity contribution is -0.119. The molecule has 1 aliphatic heterocycles. The molecule has 1 atom stereocenters. The fourth-order valence-corrected chi connectivity index (χ4v) is 6.06. The summed E-state index contributed by atoms with van der Waals surface area (Å²) in [5.41, 5.74) is 0.255. The third-order valence-electron chi connectivity index (χ3n) is 4.66. The molecular formula is C19H22N2O8S2. The van der Waals surface area contributed by atoms with Gasteiger partial charge in [0.1, 0.15) is 0 Å². The van der Waals surface area contributed by atoms with Gasteiger partial charge in [0, 0.05) is 12.1 Å². The third kappa shape index (κ3) is 4.26. The Morgan fingerprint density at radius 1 is 1.00 bits per heavy atom. The van der Waals surface area contributed by atoms with Crippen LogP contribution in [0.2, 0.25) is 0 Å². The summed E-state index contributed by atoms with van der Waals surface area (Å²) in [6.45, 7) is 1.53. The van der Waals surface area contributed by atoms with E-state index in [9.17, 15) is 21.6 Å². The van der Waals surface area contributed by atoms with Crippen LogP contribution >= 0.6 is 0 Å². The van der Waals surface area contributed by atoms with E-state index in [1.165, 1.54) is 64.7 Å². The number of rotatable bonds is 7. The molecule has 31 heavy (non-hydrogen) atoms. The van der Waals surface area contributed by atoms with Crippen LogP contribution in [0.4, 0.5) is 11.4 Å². The molecule has 3 rings (SSSR count). The van der Waals surface area contributed by atoms with Crippen molar-refractivity contribution in [1.29, 1.82) is 0 Å². The second kappa shape index (κ2) is 8.27. The number of carbonyl (C=O) groups is 1. The van der Waals surface area contributed by atoms with E-state index in [-0.39, 0.29) is 33.5 Å². The van der Waals surface area contributed by atoms with Crippen LogP contribution in [0.15, 0.2) is 41.3 Å². The normalized spacial score (nSPS) is 18.0. The van der Waals surface area contributed by atoms with Gasteiger partial charge < -0.3 is 14.2 Å². The van der Waals surface area contributed by atoms with Gasteiger partial charge in [0.25, 0.3) is 10.0 Å². The maximum atomic E-state index is 12.8. The molecule has 168 valence electrons. The monoisotopic (exact) mass is 470 g/mol. The molecule has 2 aromatic carbocycles. The predicted octanol–water partition coefficient (Wildman–Crippen LogP) is 1.83. The van der Waals surface area contributed by atoms with Crippen molar-refractivity contribution in [3.8, 4) is 17.2 Å². The zero-order chi connectivity index (χ0) is 23.0. The van der Waals surface area contributed by atoms with Crippen LogP contribution in [-0.2, 0) is 24.8 Å². The van der Waals surface area contributed by atoms with Crippen molar-refractivity contribution in [2.45, 2.75) is 11.8 Å². The smallest absolute Gasteiger partial charge is 0.261 e. The Morgan fingerprint density at radius 3 is 1.97 bits per heavy atom. The number of hydrogen-bond acceptors (Lipinski definition) is 8. The summed E-state index contributed by atoms with van der Waals surface area (Å²) in [5.74, 6) is -0.651. The summed E-state index contributed by atoms with van der Waals surface area (Å²) in [4.78, 5) is 12.1. The van der Waals surface area contributed by atoms with Gasteiger partial charge in [-0.3, -0.25) is 9.52 Å². The van der Waals surface area contributed by atoms with Crippen LogP contribution < -0.4 is 23.2 Å². The molecule has 0 radical (unpaired) electrons. The van der Waals surface area contributed by atoms with Crippen LogP contribution in [0.3, 0.4) is 0 Å². The van der Waals surface area contributed by atoms with Crippen molar-refractivity contribution >= 4 is 37.3 Å². The van der Waals surface area contributed by atoms with Gasteiger partial charge in [0.2, 0.25) is 21.7 Å². The number of nitrogens with zero attached hydrogens (tertiary/aromatic N) is 1. The number of carbonyl (C=O) groups excluding carboxylic acids is 1. The SMILES string of the molecule is COc1cc(NS(=O)(=O)c2ccc(N3C(=O)C(C)CS3(=O)=O)cc2)cc(OC)c1OC. The summed E-state index contributed by atoms with van der Waals surface area (Å²) in [6.07, 6.45) is 0. The Bertz CT molecular complexity index is 1180. The highest BCUT2D eigenvalue weighted by Crippen LogP contribution is 2.40. The molecule has 1 aliphatic rings. The van der Waals surface area contributed by atoms with Gasteiger partial charge in [-0.1, -0.05) is 6.92 Å². The highest BCUT2D eigenvalue weighted by molar-refractivity contribution is 7.94. The molecular weight excluding hydrogens is 448 g/mol. The van der Waals surface area contributed by atoms with E-state index in [2.05, 4.69) is 4.72 Å². The number of sulfonamides is 2. The number of amides is 1. The standard InChI is InChI=1S/C19H22N2O8S2/c1-12-11-30(23,24)21(19(12)22)14-5-7-15(8-6-14)31(25,26)20-13-9-16(27-2)18(29-4)17(10-13)28-3/h5-10,12,20H,11H2,1-4H3. The Labute approximate surface area is 180 Å². The zero-order valence-electron chi connectivity index (χ0n) is 17.3. The first kappa shape index (κ1) is 22.7.